The van der Waals surface area contributed by atoms with Crippen LogP contribution in [0.25, 0.3) is 0 Å². The van der Waals surface area contributed by atoms with Crippen LogP contribution in [0.3, 0.4) is 0 Å². The van der Waals surface area contributed by atoms with Crippen molar-refractivity contribution in [1.82, 2.24) is 15.1 Å². The van der Waals surface area contributed by atoms with E-state index >= 15 is 0 Å². The molecule has 16 heavy (non-hydrogen) atoms. The van der Waals surface area contributed by atoms with Crippen molar-refractivity contribution in [2.75, 3.05) is 13.1 Å². The van der Waals surface area contributed by atoms with Gasteiger partial charge in [0.05, 0.1) is 5.69 Å². The normalized spacial score (nSPS) is 11.0. The summed E-state index contributed by atoms with van der Waals surface area (Å²) in [6, 6.07) is 0. The first-order valence-corrected chi connectivity index (χ1v) is 6.36. The van der Waals surface area contributed by atoms with Crippen LogP contribution in [0, 0.1) is 13.8 Å². The lowest BCUT2D eigenvalue weighted by molar-refractivity contribution is 0.615. The van der Waals surface area contributed by atoms with Gasteiger partial charge in [0, 0.05) is 12.7 Å². The van der Waals surface area contributed by atoms with Crippen LogP contribution in [0.4, 0.5) is 0 Å². The average Bonchev–Trinajstić information content (AvgIpc) is 2.49. The number of nitrogens with one attached hydrogen (secondary N) is 1. The molecule has 0 aliphatic rings. The highest BCUT2D eigenvalue weighted by atomic mass is 15.3. The van der Waals surface area contributed by atoms with Gasteiger partial charge in [-0.2, -0.15) is 5.10 Å². The van der Waals surface area contributed by atoms with Crippen LogP contribution in [-0.2, 0) is 13.5 Å². The standard InChI is InChI=1S/C13H25N3/c1-5-6-9-14-10-7-8-13-11(2)15-16(4)12(13)3/h14H,5-10H2,1-4H3. The molecule has 3 heteroatoms. The van der Waals surface area contributed by atoms with E-state index in [0.29, 0.717) is 0 Å². The number of hydrogen-bond donors (Lipinski definition) is 1. The summed E-state index contributed by atoms with van der Waals surface area (Å²) in [4.78, 5) is 0. The van der Waals surface area contributed by atoms with Gasteiger partial charge in [-0.25, -0.2) is 0 Å². The van der Waals surface area contributed by atoms with Crippen molar-refractivity contribution in [3.63, 3.8) is 0 Å². The first-order chi connectivity index (χ1) is 7.66. The lowest BCUT2D eigenvalue weighted by atomic mass is 10.1. The summed E-state index contributed by atoms with van der Waals surface area (Å²) >= 11 is 0. The van der Waals surface area contributed by atoms with Gasteiger partial charge in [0.2, 0.25) is 0 Å². The third-order valence-corrected chi connectivity index (χ3v) is 3.15. The Morgan fingerprint density at radius 3 is 2.44 bits per heavy atom. The smallest absolute Gasteiger partial charge is 0.0628 e. The van der Waals surface area contributed by atoms with Gasteiger partial charge in [0.15, 0.2) is 0 Å². The molecule has 0 amide bonds. The molecular weight excluding hydrogens is 198 g/mol. The van der Waals surface area contributed by atoms with Crippen LogP contribution in [0.1, 0.15) is 43.1 Å². The predicted molar refractivity (Wildman–Crippen MR) is 68.8 cm³/mol. The molecule has 0 spiro atoms. The maximum atomic E-state index is 4.44. The van der Waals surface area contributed by atoms with Crippen molar-refractivity contribution in [1.29, 1.82) is 0 Å². The Kier molecular flexibility index (Phi) is 5.53. The van der Waals surface area contributed by atoms with Crippen LogP contribution >= 0.6 is 0 Å². The van der Waals surface area contributed by atoms with Gasteiger partial charge in [-0.15, -0.1) is 0 Å². The molecule has 0 saturated carbocycles. The first kappa shape index (κ1) is 13.2. The molecule has 0 aliphatic carbocycles. The number of aromatic nitrogens is 2. The maximum absolute atomic E-state index is 4.44. The zero-order valence-corrected chi connectivity index (χ0v) is 11.1. The molecule has 0 radical (unpaired) electrons. The third-order valence-electron chi connectivity index (χ3n) is 3.15. The van der Waals surface area contributed by atoms with Gasteiger partial charge >= 0.3 is 0 Å². The quantitative estimate of drug-likeness (QED) is 0.719. The zero-order valence-electron chi connectivity index (χ0n) is 11.1. The number of rotatable bonds is 7. The van der Waals surface area contributed by atoms with E-state index in [9.17, 15) is 0 Å². The molecule has 0 aliphatic heterocycles. The summed E-state index contributed by atoms with van der Waals surface area (Å²) in [6.07, 6.45) is 4.90. The second-order valence-corrected chi connectivity index (χ2v) is 4.48. The van der Waals surface area contributed by atoms with E-state index in [0.717, 1.165) is 19.5 Å². The predicted octanol–water partition coefficient (Wildman–Crippen LogP) is 2.36. The molecule has 0 fully saturated rings. The maximum Gasteiger partial charge on any atom is 0.0628 e. The van der Waals surface area contributed by atoms with Crippen molar-refractivity contribution in [3.05, 3.63) is 17.0 Å². The van der Waals surface area contributed by atoms with E-state index < -0.39 is 0 Å². The Balaban J connectivity index is 2.26. The van der Waals surface area contributed by atoms with E-state index in [2.05, 4.69) is 31.2 Å². The second-order valence-electron chi connectivity index (χ2n) is 4.48. The molecule has 0 bridgehead atoms. The molecular formula is C13H25N3. The summed E-state index contributed by atoms with van der Waals surface area (Å²) in [7, 11) is 2.02. The van der Waals surface area contributed by atoms with Crippen LogP contribution in [0.15, 0.2) is 0 Å². The molecule has 1 aromatic rings. The summed E-state index contributed by atoms with van der Waals surface area (Å²) in [5.41, 5.74) is 3.93. The number of hydrogen-bond acceptors (Lipinski definition) is 2. The Hall–Kier alpha value is -0.830. The fourth-order valence-electron chi connectivity index (χ4n) is 2.00. The first-order valence-electron chi connectivity index (χ1n) is 6.36. The molecule has 0 atom stereocenters. The van der Waals surface area contributed by atoms with Gasteiger partial charge < -0.3 is 5.32 Å². The molecule has 1 heterocycles. The largest absolute Gasteiger partial charge is 0.317 e. The van der Waals surface area contributed by atoms with Gasteiger partial charge in [0.1, 0.15) is 0 Å². The minimum atomic E-state index is 1.12. The number of aryl methyl sites for hydroxylation is 2. The van der Waals surface area contributed by atoms with Crippen LogP contribution < -0.4 is 5.32 Å². The number of unbranched alkanes of at least 4 members (excludes halogenated alkanes) is 1. The van der Waals surface area contributed by atoms with Crippen molar-refractivity contribution >= 4 is 0 Å². The zero-order chi connectivity index (χ0) is 12.0. The Bertz CT molecular complexity index is 315. The minimum absolute atomic E-state index is 1.12. The van der Waals surface area contributed by atoms with Gasteiger partial charge in [-0.1, -0.05) is 13.3 Å². The van der Waals surface area contributed by atoms with Crippen LogP contribution in [-0.4, -0.2) is 22.9 Å². The van der Waals surface area contributed by atoms with Crippen molar-refractivity contribution in [3.8, 4) is 0 Å². The Labute approximate surface area is 99.2 Å². The van der Waals surface area contributed by atoms with E-state index in [1.54, 1.807) is 0 Å². The number of nitrogens with zero attached hydrogens (tertiary/aromatic N) is 2. The van der Waals surface area contributed by atoms with Crippen molar-refractivity contribution < 1.29 is 0 Å². The molecule has 0 unspecified atom stereocenters. The molecule has 1 aromatic heterocycles. The van der Waals surface area contributed by atoms with Gasteiger partial charge in [0.25, 0.3) is 0 Å². The van der Waals surface area contributed by atoms with Crippen molar-refractivity contribution in [2.45, 2.75) is 46.5 Å². The summed E-state index contributed by atoms with van der Waals surface area (Å²) < 4.78 is 1.98. The second kappa shape index (κ2) is 6.69. The molecule has 3 nitrogen and oxygen atoms in total. The highest BCUT2D eigenvalue weighted by Gasteiger charge is 2.07. The lowest BCUT2D eigenvalue weighted by Crippen LogP contribution is -2.17. The highest BCUT2D eigenvalue weighted by Crippen LogP contribution is 2.13. The Morgan fingerprint density at radius 2 is 1.88 bits per heavy atom. The van der Waals surface area contributed by atoms with Gasteiger partial charge in [-0.05, 0) is 51.8 Å². The van der Waals surface area contributed by atoms with Gasteiger partial charge in [-0.3, -0.25) is 4.68 Å². The fraction of sp³-hybridized carbons (Fsp3) is 0.769. The lowest BCUT2D eigenvalue weighted by Gasteiger charge is -2.04. The molecule has 0 saturated heterocycles. The summed E-state index contributed by atoms with van der Waals surface area (Å²) in [5, 5.41) is 7.91. The summed E-state index contributed by atoms with van der Waals surface area (Å²) in [6.45, 7) is 8.76. The van der Waals surface area contributed by atoms with Crippen molar-refractivity contribution in [2.24, 2.45) is 7.05 Å². The summed E-state index contributed by atoms with van der Waals surface area (Å²) in [5.74, 6) is 0. The Morgan fingerprint density at radius 1 is 1.19 bits per heavy atom. The molecule has 92 valence electrons. The molecule has 0 aromatic carbocycles. The van der Waals surface area contributed by atoms with Crippen LogP contribution in [0.5, 0.6) is 0 Å². The highest BCUT2D eigenvalue weighted by molar-refractivity contribution is 5.24. The topological polar surface area (TPSA) is 29.9 Å². The SMILES string of the molecule is CCCCNCCCc1c(C)nn(C)c1C. The molecule has 1 rings (SSSR count). The fourth-order valence-corrected chi connectivity index (χ4v) is 2.00. The molecule has 1 N–H and O–H groups in total. The van der Waals surface area contributed by atoms with E-state index in [-0.39, 0.29) is 0 Å². The monoisotopic (exact) mass is 223 g/mol. The third kappa shape index (κ3) is 3.63. The average molecular weight is 223 g/mol. The van der Waals surface area contributed by atoms with E-state index in [4.69, 9.17) is 0 Å². The van der Waals surface area contributed by atoms with Crippen LogP contribution in [0.2, 0.25) is 0 Å². The van der Waals surface area contributed by atoms with E-state index in [1.165, 1.54) is 36.2 Å². The van der Waals surface area contributed by atoms with E-state index in [1.807, 2.05) is 11.7 Å². The minimum Gasteiger partial charge on any atom is -0.317 e.